The average Bonchev–Trinajstić information content (AvgIpc) is 3.50. The fraction of sp³-hybridized carbons (Fsp3) is 0.192. The lowest BCUT2D eigenvalue weighted by atomic mass is 10.0. The van der Waals surface area contributed by atoms with Gasteiger partial charge in [-0.1, -0.05) is 48.5 Å². The summed E-state index contributed by atoms with van der Waals surface area (Å²) in [6.07, 6.45) is 1.41. The van der Waals surface area contributed by atoms with Crippen LogP contribution in [0.25, 0.3) is 22.2 Å². The third kappa shape index (κ3) is 4.56. The second-order valence-electron chi connectivity index (χ2n) is 8.31. The van der Waals surface area contributed by atoms with Gasteiger partial charge < -0.3 is 20.8 Å². The van der Waals surface area contributed by atoms with Crippen LogP contribution in [-0.4, -0.2) is 33.5 Å². The number of primary amides is 1. The summed E-state index contributed by atoms with van der Waals surface area (Å²) in [5, 5.41) is 2.56. The van der Waals surface area contributed by atoms with Gasteiger partial charge in [0.2, 0.25) is 0 Å². The number of rotatable bonds is 5. The van der Waals surface area contributed by atoms with Gasteiger partial charge >= 0.3 is 12.1 Å². The summed E-state index contributed by atoms with van der Waals surface area (Å²) in [5.74, 6) is 0.766. The number of hydrogen-bond acceptors (Lipinski definition) is 4. The smallest absolute Gasteiger partial charge is 0.410 e. The van der Waals surface area contributed by atoms with Crippen molar-refractivity contribution in [3.05, 3.63) is 84.2 Å². The minimum absolute atomic E-state index is 0.140. The van der Waals surface area contributed by atoms with Crippen LogP contribution in [0.5, 0.6) is 0 Å². The molecule has 0 aliphatic carbocycles. The zero-order chi connectivity index (χ0) is 23.5. The molecule has 2 heterocycles. The van der Waals surface area contributed by atoms with Crippen LogP contribution in [0.2, 0.25) is 0 Å². The number of aromatic amines is 1. The summed E-state index contributed by atoms with van der Waals surface area (Å²) in [4.78, 5) is 33.7. The maximum atomic E-state index is 12.8. The summed E-state index contributed by atoms with van der Waals surface area (Å²) in [5.41, 5.74) is 10.5. The second kappa shape index (κ2) is 9.27. The number of H-pyrrole nitrogens is 1. The van der Waals surface area contributed by atoms with Crippen LogP contribution < -0.4 is 11.1 Å². The van der Waals surface area contributed by atoms with Crippen LogP contribution in [0.1, 0.15) is 30.3 Å². The Morgan fingerprint density at radius 2 is 1.82 bits per heavy atom. The topological polar surface area (TPSA) is 113 Å². The number of nitrogens with one attached hydrogen (secondary N) is 2. The molecule has 8 nitrogen and oxygen atoms in total. The van der Waals surface area contributed by atoms with E-state index in [1.807, 2.05) is 60.7 Å². The molecule has 8 heteroatoms. The van der Waals surface area contributed by atoms with Gasteiger partial charge in [0, 0.05) is 12.2 Å². The lowest BCUT2D eigenvalue weighted by molar-refractivity contribution is 0.0910. The number of anilines is 1. The highest BCUT2D eigenvalue weighted by atomic mass is 16.6. The van der Waals surface area contributed by atoms with Crippen LogP contribution in [0.4, 0.5) is 15.3 Å². The third-order valence-electron chi connectivity index (χ3n) is 5.99. The predicted molar refractivity (Wildman–Crippen MR) is 130 cm³/mol. The molecule has 4 N–H and O–H groups in total. The number of amides is 3. The van der Waals surface area contributed by atoms with E-state index in [4.69, 9.17) is 15.5 Å². The molecule has 0 spiro atoms. The van der Waals surface area contributed by atoms with E-state index < -0.39 is 6.03 Å². The number of benzene rings is 3. The van der Waals surface area contributed by atoms with Gasteiger partial charge in [-0.15, -0.1) is 0 Å². The maximum absolute atomic E-state index is 12.8. The minimum atomic E-state index is -0.593. The highest BCUT2D eigenvalue weighted by molar-refractivity contribution is 5.88. The molecule has 1 aromatic heterocycles. The van der Waals surface area contributed by atoms with Crippen molar-refractivity contribution < 1.29 is 14.3 Å². The summed E-state index contributed by atoms with van der Waals surface area (Å²) in [7, 11) is 0. The van der Waals surface area contributed by atoms with Crippen molar-refractivity contribution in [1.29, 1.82) is 0 Å². The number of nitrogens with two attached hydrogens (primary N) is 1. The van der Waals surface area contributed by atoms with Crippen LogP contribution in [0.15, 0.2) is 72.8 Å². The van der Waals surface area contributed by atoms with E-state index in [0.29, 0.717) is 12.2 Å². The van der Waals surface area contributed by atoms with Gasteiger partial charge in [0.1, 0.15) is 12.4 Å². The maximum Gasteiger partial charge on any atom is 0.410 e. The molecule has 1 aliphatic heterocycles. The van der Waals surface area contributed by atoms with Gasteiger partial charge in [-0.2, -0.15) is 0 Å². The summed E-state index contributed by atoms with van der Waals surface area (Å²) < 4.78 is 5.56. The molecular weight excluding hydrogens is 430 g/mol. The third-order valence-corrected chi connectivity index (χ3v) is 5.99. The molecule has 0 unspecified atom stereocenters. The first kappa shape index (κ1) is 21.5. The van der Waals surface area contributed by atoms with E-state index >= 15 is 0 Å². The Kier molecular flexibility index (Phi) is 5.86. The average molecular weight is 456 g/mol. The second-order valence-corrected chi connectivity index (χ2v) is 8.31. The number of aromatic nitrogens is 2. The van der Waals surface area contributed by atoms with Crippen LogP contribution in [0.3, 0.4) is 0 Å². The van der Waals surface area contributed by atoms with Crippen molar-refractivity contribution in [2.24, 2.45) is 5.73 Å². The number of imidazole rings is 1. The zero-order valence-electron chi connectivity index (χ0n) is 18.5. The molecule has 4 aromatic rings. The van der Waals surface area contributed by atoms with Crippen molar-refractivity contribution in [3.63, 3.8) is 0 Å². The molecule has 3 aromatic carbocycles. The summed E-state index contributed by atoms with van der Waals surface area (Å²) >= 11 is 0. The Morgan fingerprint density at radius 1 is 1.06 bits per heavy atom. The van der Waals surface area contributed by atoms with Gasteiger partial charge in [0.25, 0.3) is 0 Å². The molecule has 172 valence electrons. The van der Waals surface area contributed by atoms with Gasteiger partial charge in [-0.3, -0.25) is 4.90 Å². The molecule has 0 saturated carbocycles. The van der Waals surface area contributed by atoms with Crippen LogP contribution in [0, 0.1) is 0 Å². The number of hydrogen-bond donors (Lipinski definition) is 3. The number of carbonyl (C=O) groups is 2. The Morgan fingerprint density at radius 3 is 2.59 bits per heavy atom. The molecular formula is C26H25N5O3. The number of ether oxygens (including phenoxy) is 1. The van der Waals surface area contributed by atoms with E-state index in [9.17, 15) is 9.59 Å². The van der Waals surface area contributed by atoms with E-state index in [1.165, 1.54) is 0 Å². The summed E-state index contributed by atoms with van der Waals surface area (Å²) in [6, 6.07) is 22.4. The van der Waals surface area contributed by atoms with E-state index in [2.05, 4.69) is 10.3 Å². The Hall–Kier alpha value is -4.33. The molecule has 3 amide bonds. The fourth-order valence-corrected chi connectivity index (χ4v) is 4.33. The Balaban J connectivity index is 1.32. The van der Waals surface area contributed by atoms with Gasteiger partial charge in [-0.05, 0) is 53.8 Å². The first-order valence-corrected chi connectivity index (χ1v) is 11.2. The van der Waals surface area contributed by atoms with Crippen molar-refractivity contribution >= 4 is 28.8 Å². The van der Waals surface area contributed by atoms with Crippen molar-refractivity contribution in [3.8, 4) is 11.1 Å². The highest BCUT2D eigenvalue weighted by Gasteiger charge is 2.33. The van der Waals surface area contributed by atoms with Crippen molar-refractivity contribution in [2.75, 3.05) is 11.9 Å². The number of urea groups is 1. The standard InChI is InChI=1S/C26H25N5O3/c27-25(32)28-20-11-8-18(9-12-20)19-10-13-21-22(15-19)30-24(29-21)23-7-4-14-31(23)26(33)34-16-17-5-2-1-3-6-17/h1-3,5-6,8-13,15,23H,4,7,14,16H2,(H,29,30)(H3,27,28,32)/t23-/m1/s1. The first-order valence-electron chi connectivity index (χ1n) is 11.2. The normalized spacial score (nSPS) is 15.4. The van der Waals surface area contributed by atoms with Crippen molar-refractivity contribution in [1.82, 2.24) is 14.9 Å². The highest BCUT2D eigenvalue weighted by Crippen LogP contribution is 2.33. The molecule has 0 radical (unpaired) electrons. The molecule has 1 atom stereocenters. The SMILES string of the molecule is NC(=O)Nc1ccc(-c2ccc3nc([C@H]4CCCN4C(=O)OCc4ccccc4)[nH]c3c2)cc1. The number of fused-ring (bicyclic) bond motifs is 1. The quantitative estimate of drug-likeness (QED) is 0.384. The van der Waals surface area contributed by atoms with Gasteiger partial charge in [0.15, 0.2) is 0 Å². The molecule has 1 fully saturated rings. The molecule has 5 rings (SSSR count). The predicted octanol–water partition coefficient (Wildman–Crippen LogP) is 5.19. The Labute approximate surface area is 196 Å². The molecule has 34 heavy (non-hydrogen) atoms. The van der Waals surface area contributed by atoms with Gasteiger partial charge in [-0.25, -0.2) is 14.6 Å². The van der Waals surface area contributed by atoms with Crippen LogP contribution >= 0.6 is 0 Å². The molecule has 0 bridgehead atoms. The molecule has 1 saturated heterocycles. The monoisotopic (exact) mass is 455 g/mol. The van der Waals surface area contributed by atoms with Crippen molar-refractivity contribution in [2.45, 2.75) is 25.5 Å². The Bertz CT molecular complexity index is 1320. The number of carbonyl (C=O) groups excluding carboxylic acids is 2. The fourth-order valence-electron chi connectivity index (χ4n) is 4.33. The zero-order valence-corrected chi connectivity index (χ0v) is 18.5. The summed E-state index contributed by atoms with van der Waals surface area (Å²) in [6.45, 7) is 0.895. The number of likely N-dealkylation sites (tertiary alicyclic amines) is 1. The van der Waals surface area contributed by atoms with Gasteiger partial charge in [0.05, 0.1) is 17.1 Å². The van der Waals surface area contributed by atoms with E-state index in [0.717, 1.165) is 46.4 Å². The van der Waals surface area contributed by atoms with E-state index in [1.54, 1.807) is 17.0 Å². The lowest BCUT2D eigenvalue weighted by Gasteiger charge is -2.22. The van der Waals surface area contributed by atoms with Crippen LogP contribution in [-0.2, 0) is 11.3 Å². The first-order chi connectivity index (χ1) is 16.6. The minimum Gasteiger partial charge on any atom is -0.445 e. The lowest BCUT2D eigenvalue weighted by Crippen LogP contribution is -2.31. The largest absolute Gasteiger partial charge is 0.445 e. The number of nitrogens with zero attached hydrogens (tertiary/aromatic N) is 2. The van der Waals surface area contributed by atoms with E-state index in [-0.39, 0.29) is 18.7 Å². The molecule has 1 aliphatic rings.